The van der Waals surface area contributed by atoms with E-state index in [1.165, 1.54) is 27.6 Å². The zero-order chi connectivity index (χ0) is 15.6. The summed E-state index contributed by atoms with van der Waals surface area (Å²) in [6.45, 7) is 2.16. The Bertz CT molecular complexity index is 808. The molecule has 4 rings (SSSR count). The topological polar surface area (TPSA) is 24.1 Å². The molecule has 2 heteroatoms. The number of nitrogens with one attached hydrogen (secondary N) is 2. The Balaban J connectivity index is 1.71. The first-order chi connectivity index (χ1) is 11.3. The van der Waals surface area contributed by atoms with Gasteiger partial charge in [0.2, 0.25) is 0 Å². The SMILES string of the molecule is CC1=CC(c2cccc3ccccc23)NC(C2=CC=CCC2)N1. The Morgan fingerprint density at radius 3 is 2.78 bits per heavy atom. The molecule has 1 heterocycles. The molecule has 0 spiro atoms. The highest BCUT2D eigenvalue weighted by Gasteiger charge is 2.24. The lowest BCUT2D eigenvalue weighted by atomic mass is 9.94. The molecule has 2 aromatic rings. The summed E-state index contributed by atoms with van der Waals surface area (Å²) in [7, 11) is 0. The highest BCUT2D eigenvalue weighted by atomic mass is 15.2. The number of allylic oxidation sites excluding steroid dienone is 4. The first-order valence-corrected chi connectivity index (χ1v) is 8.35. The van der Waals surface area contributed by atoms with Gasteiger partial charge in [-0.05, 0) is 47.8 Å². The summed E-state index contributed by atoms with van der Waals surface area (Å²) in [5.74, 6) is 0. The van der Waals surface area contributed by atoms with Crippen LogP contribution >= 0.6 is 0 Å². The van der Waals surface area contributed by atoms with Crippen LogP contribution in [0.15, 0.2) is 78.0 Å². The molecule has 2 aromatic carbocycles. The Morgan fingerprint density at radius 1 is 1.04 bits per heavy atom. The summed E-state index contributed by atoms with van der Waals surface area (Å²) in [4.78, 5) is 0. The molecule has 2 aliphatic rings. The maximum absolute atomic E-state index is 3.77. The second-order valence-corrected chi connectivity index (χ2v) is 6.35. The van der Waals surface area contributed by atoms with Crippen LogP contribution in [0, 0.1) is 0 Å². The van der Waals surface area contributed by atoms with Gasteiger partial charge < -0.3 is 5.32 Å². The molecule has 0 saturated carbocycles. The van der Waals surface area contributed by atoms with E-state index in [-0.39, 0.29) is 12.2 Å². The van der Waals surface area contributed by atoms with Gasteiger partial charge in [0.25, 0.3) is 0 Å². The van der Waals surface area contributed by atoms with Crippen molar-refractivity contribution in [3.63, 3.8) is 0 Å². The van der Waals surface area contributed by atoms with Crippen molar-refractivity contribution in [3.05, 3.63) is 83.6 Å². The van der Waals surface area contributed by atoms with Crippen LogP contribution < -0.4 is 10.6 Å². The lowest BCUT2D eigenvalue weighted by Crippen LogP contribution is -2.47. The normalized spacial score (nSPS) is 24.0. The first-order valence-electron chi connectivity index (χ1n) is 8.35. The quantitative estimate of drug-likeness (QED) is 0.848. The van der Waals surface area contributed by atoms with E-state index in [0.29, 0.717) is 0 Å². The Labute approximate surface area is 137 Å². The third-order valence-corrected chi connectivity index (χ3v) is 4.71. The zero-order valence-corrected chi connectivity index (χ0v) is 13.4. The molecule has 2 N–H and O–H groups in total. The third kappa shape index (κ3) is 2.82. The maximum Gasteiger partial charge on any atom is 0.0998 e. The predicted molar refractivity (Wildman–Crippen MR) is 97.0 cm³/mol. The molecule has 116 valence electrons. The molecule has 0 aromatic heterocycles. The largest absolute Gasteiger partial charge is 0.370 e. The highest BCUT2D eigenvalue weighted by molar-refractivity contribution is 5.86. The van der Waals surface area contributed by atoms with Crippen molar-refractivity contribution in [2.24, 2.45) is 0 Å². The van der Waals surface area contributed by atoms with Crippen molar-refractivity contribution in [2.45, 2.75) is 32.0 Å². The average Bonchev–Trinajstić information content (AvgIpc) is 2.61. The standard InChI is InChI=1S/C21H22N2/c1-15-14-20(23-21(22-15)17-9-3-2-4-10-17)19-13-7-11-16-8-5-6-12-18(16)19/h2-3,5-9,11-14,20-23H,4,10H2,1H3. The first kappa shape index (κ1) is 14.3. The molecule has 2 unspecified atom stereocenters. The van der Waals surface area contributed by atoms with Crippen LogP contribution in [0.1, 0.15) is 31.4 Å². The molecule has 0 radical (unpaired) electrons. The maximum atomic E-state index is 3.77. The van der Waals surface area contributed by atoms with Crippen LogP contribution in [-0.2, 0) is 0 Å². The van der Waals surface area contributed by atoms with Crippen molar-refractivity contribution < 1.29 is 0 Å². The monoisotopic (exact) mass is 302 g/mol. The van der Waals surface area contributed by atoms with Crippen LogP contribution in [0.25, 0.3) is 10.8 Å². The van der Waals surface area contributed by atoms with Crippen LogP contribution in [0.3, 0.4) is 0 Å². The molecule has 0 fully saturated rings. The number of hydrogen-bond donors (Lipinski definition) is 2. The van der Waals surface area contributed by atoms with Crippen molar-refractivity contribution in [2.75, 3.05) is 0 Å². The van der Waals surface area contributed by atoms with E-state index >= 15 is 0 Å². The summed E-state index contributed by atoms with van der Waals surface area (Å²) in [6, 6.07) is 15.4. The van der Waals surface area contributed by atoms with E-state index in [1.54, 1.807) is 0 Å². The molecule has 2 nitrogen and oxygen atoms in total. The molecular formula is C21H22N2. The van der Waals surface area contributed by atoms with Gasteiger partial charge in [-0.25, -0.2) is 0 Å². The van der Waals surface area contributed by atoms with E-state index in [0.717, 1.165) is 12.8 Å². The summed E-state index contributed by atoms with van der Waals surface area (Å²) in [5.41, 5.74) is 4.02. The predicted octanol–water partition coefficient (Wildman–Crippen LogP) is 4.58. The van der Waals surface area contributed by atoms with Crippen LogP contribution in [0.5, 0.6) is 0 Å². The lowest BCUT2D eigenvalue weighted by molar-refractivity contribution is 0.440. The minimum atomic E-state index is 0.217. The summed E-state index contributed by atoms with van der Waals surface area (Å²) >= 11 is 0. The Hall–Kier alpha value is -2.32. The van der Waals surface area contributed by atoms with Gasteiger partial charge in [-0.15, -0.1) is 0 Å². The minimum Gasteiger partial charge on any atom is -0.370 e. The number of benzene rings is 2. The molecule has 1 aliphatic carbocycles. The molecule has 2 atom stereocenters. The second-order valence-electron chi connectivity index (χ2n) is 6.35. The van der Waals surface area contributed by atoms with E-state index in [4.69, 9.17) is 0 Å². The number of fused-ring (bicyclic) bond motifs is 1. The Morgan fingerprint density at radius 2 is 1.91 bits per heavy atom. The molecule has 1 aliphatic heterocycles. The fourth-order valence-corrected chi connectivity index (χ4v) is 3.56. The third-order valence-electron chi connectivity index (χ3n) is 4.71. The summed E-state index contributed by atoms with van der Waals surface area (Å²) in [5, 5.41) is 9.98. The van der Waals surface area contributed by atoms with Crippen molar-refractivity contribution in [1.82, 2.24) is 10.6 Å². The fourth-order valence-electron chi connectivity index (χ4n) is 3.56. The lowest BCUT2D eigenvalue weighted by Gasteiger charge is -2.34. The van der Waals surface area contributed by atoms with Crippen molar-refractivity contribution in [3.8, 4) is 0 Å². The van der Waals surface area contributed by atoms with E-state index < -0.39 is 0 Å². The zero-order valence-electron chi connectivity index (χ0n) is 13.4. The molecular weight excluding hydrogens is 280 g/mol. The van der Waals surface area contributed by atoms with Gasteiger partial charge in [0, 0.05) is 5.70 Å². The molecule has 0 saturated heterocycles. The molecule has 23 heavy (non-hydrogen) atoms. The summed E-state index contributed by atoms with van der Waals surface area (Å²) < 4.78 is 0. The Kier molecular flexibility index (Phi) is 3.76. The van der Waals surface area contributed by atoms with Gasteiger partial charge in [0.1, 0.15) is 0 Å². The molecule has 0 amide bonds. The van der Waals surface area contributed by atoms with Crippen molar-refractivity contribution >= 4 is 10.8 Å². The van der Waals surface area contributed by atoms with E-state index in [9.17, 15) is 0 Å². The second kappa shape index (κ2) is 6.05. The van der Waals surface area contributed by atoms with Crippen LogP contribution in [-0.4, -0.2) is 6.17 Å². The summed E-state index contributed by atoms with van der Waals surface area (Å²) in [6.07, 6.45) is 11.4. The minimum absolute atomic E-state index is 0.217. The average molecular weight is 302 g/mol. The van der Waals surface area contributed by atoms with Gasteiger partial charge >= 0.3 is 0 Å². The van der Waals surface area contributed by atoms with E-state index in [1.807, 2.05) is 0 Å². The van der Waals surface area contributed by atoms with Gasteiger partial charge in [0.05, 0.1) is 12.2 Å². The fraction of sp³-hybridized carbons (Fsp3) is 0.238. The smallest absolute Gasteiger partial charge is 0.0998 e. The van der Waals surface area contributed by atoms with Gasteiger partial charge in [-0.2, -0.15) is 0 Å². The number of rotatable bonds is 2. The van der Waals surface area contributed by atoms with Gasteiger partial charge in [-0.1, -0.05) is 60.7 Å². The molecule has 0 bridgehead atoms. The van der Waals surface area contributed by atoms with Crippen molar-refractivity contribution in [1.29, 1.82) is 0 Å². The number of hydrogen-bond acceptors (Lipinski definition) is 2. The van der Waals surface area contributed by atoms with Gasteiger partial charge in [0.15, 0.2) is 0 Å². The van der Waals surface area contributed by atoms with Crippen LogP contribution in [0.2, 0.25) is 0 Å². The van der Waals surface area contributed by atoms with Crippen LogP contribution in [0.4, 0.5) is 0 Å². The van der Waals surface area contributed by atoms with E-state index in [2.05, 4.69) is 84.3 Å². The highest BCUT2D eigenvalue weighted by Crippen LogP contribution is 2.29. The van der Waals surface area contributed by atoms with Gasteiger partial charge in [-0.3, -0.25) is 5.32 Å².